The highest BCUT2D eigenvalue weighted by Gasteiger charge is 2.00. The monoisotopic (exact) mass is 193 g/mol. The van der Waals surface area contributed by atoms with Gasteiger partial charge in [0.15, 0.2) is 0 Å². The van der Waals surface area contributed by atoms with Crippen molar-refractivity contribution in [1.29, 1.82) is 5.26 Å². The van der Waals surface area contributed by atoms with E-state index in [1.807, 2.05) is 6.07 Å². The first kappa shape index (κ1) is 10.1. The van der Waals surface area contributed by atoms with E-state index in [4.69, 9.17) is 5.26 Å². The van der Waals surface area contributed by atoms with Gasteiger partial charge in [0.25, 0.3) is 0 Å². The maximum atomic E-state index is 11.0. The molecule has 1 amide bonds. The van der Waals surface area contributed by atoms with Gasteiger partial charge >= 0.3 is 0 Å². The number of carbonyl (C=O) groups excluding carboxylic acids is 1. The van der Waals surface area contributed by atoms with Crippen molar-refractivity contribution < 1.29 is 4.79 Å². The van der Waals surface area contributed by atoms with Crippen molar-refractivity contribution in [3.63, 3.8) is 0 Å². The van der Waals surface area contributed by atoms with Crippen molar-refractivity contribution in [1.82, 2.24) is 15.1 Å². The van der Waals surface area contributed by atoms with E-state index in [-0.39, 0.29) is 19.0 Å². The number of hydrogen-bond donors (Lipinski definition) is 2. The maximum Gasteiger partial charge on any atom is 0.240 e. The van der Waals surface area contributed by atoms with Gasteiger partial charge in [0.2, 0.25) is 5.91 Å². The van der Waals surface area contributed by atoms with Crippen LogP contribution in [-0.2, 0) is 11.8 Å². The molecule has 1 heterocycles. The third-order valence-electron chi connectivity index (χ3n) is 1.52. The number of rotatable bonds is 4. The van der Waals surface area contributed by atoms with Crippen LogP contribution in [0, 0.1) is 11.3 Å². The molecule has 1 aromatic heterocycles. The summed E-state index contributed by atoms with van der Waals surface area (Å²) < 4.78 is 1.63. The number of nitriles is 1. The molecule has 6 nitrogen and oxygen atoms in total. The molecule has 74 valence electrons. The van der Waals surface area contributed by atoms with Crippen molar-refractivity contribution in [2.24, 2.45) is 7.05 Å². The highest BCUT2D eigenvalue weighted by atomic mass is 16.1. The molecule has 0 atom stereocenters. The molecule has 14 heavy (non-hydrogen) atoms. The molecule has 0 aromatic carbocycles. The fraction of sp³-hybridized carbons (Fsp3) is 0.375. The molecule has 1 rings (SSSR count). The van der Waals surface area contributed by atoms with E-state index in [1.54, 1.807) is 24.1 Å². The van der Waals surface area contributed by atoms with Crippen LogP contribution in [0.15, 0.2) is 12.4 Å². The van der Waals surface area contributed by atoms with Gasteiger partial charge in [0, 0.05) is 13.2 Å². The summed E-state index contributed by atoms with van der Waals surface area (Å²) in [7, 11) is 1.79. The van der Waals surface area contributed by atoms with Crippen LogP contribution in [0.25, 0.3) is 0 Å². The number of nitrogens with zero attached hydrogens (tertiary/aromatic N) is 3. The molecular weight excluding hydrogens is 182 g/mol. The third-order valence-corrected chi connectivity index (χ3v) is 1.52. The van der Waals surface area contributed by atoms with Crippen molar-refractivity contribution in [2.45, 2.75) is 0 Å². The Kier molecular flexibility index (Phi) is 3.49. The summed E-state index contributed by atoms with van der Waals surface area (Å²) in [6.07, 6.45) is 3.38. The average molecular weight is 193 g/mol. The zero-order chi connectivity index (χ0) is 10.4. The lowest BCUT2D eigenvalue weighted by Gasteiger charge is -2.01. The lowest BCUT2D eigenvalue weighted by molar-refractivity contribution is -0.119. The van der Waals surface area contributed by atoms with Crippen LogP contribution in [0.2, 0.25) is 0 Å². The van der Waals surface area contributed by atoms with Crippen molar-refractivity contribution in [2.75, 3.05) is 18.4 Å². The van der Waals surface area contributed by atoms with Gasteiger partial charge in [-0.05, 0) is 0 Å². The highest BCUT2D eigenvalue weighted by Crippen LogP contribution is 2.01. The van der Waals surface area contributed by atoms with E-state index in [9.17, 15) is 4.79 Å². The molecule has 2 N–H and O–H groups in total. The number of anilines is 1. The van der Waals surface area contributed by atoms with Crippen LogP contribution in [0.3, 0.4) is 0 Å². The second-order valence-corrected chi connectivity index (χ2v) is 2.69. The van der Waals surface area contributed by atoms with E-state index in [0.717, 1.165) is 5.69 Å². The smallest absolute Gasteiger partial charge is 0.240 e. The van der Waals surface area contributed by atoms with Gasteiger partial charge < -0.3 is 10.6 Å². The van der Waals surface area contributed by atoms with Gasteiger partial charge in [-0.25, -0.2) is 0 Å². The van der Waals surface area contributed by atoms with Crippen LogP contribution in [0.5, 0.6) is 0 Å². The first-order valence-corrected chi connectivity index (χ1v) is 4.08. The Hall–Kier alpha value is -2.03. The predicted molar refractivity (Wildman–Crippen MR) is 50.3 cm³/mol. The minimum absolute atomic E-state index is 0.0353. The first-order valence-electron chi connectivity index (χ1n) is 4.08. The van der Waals surface area contributed by atoms with E-state index in [2.05, 4.69) is 15.7 Å². The molecule has 0 aliphatic carbocycles. The Morgan fingerprint density at radius 2 is 2.57 bits per heavy atom. The lowest BCUT2D eigenvalue weighted by atomic mass is 10.5. The predicted octanol–water partition coefficient (Wildman–Crippen LogP) is -0.528. The van der Waals surface area contributed by atoms with Crippen LogP contribution in [0.4, 0.5) is 5.69 Å². The maximum absolute atomic E-state index is 11.0. The normalized spacial score (nSPS) is 9.14. The Bertz CT molecular complexity index is 351. The van der Waals surface area contributed by atoms with Crippen LogP contribution >= 0.6 is 0 Å². The van der Waals surface area contributed by atoms with Gasteiger partial charge in [-0.15, -0.1) is 0 Å². The molecule has 1 aromatic rings. The van der Waals surface area contributed by atoms with Gasteiger partial charge in [-0.1, -0.05) is 0 Å². The summed E-state index contributed by atoms with van der Waals surface area (Å²) in [4.78, 5) is 11.0. The fourth-order valence-electron chi connectivity index (χ4n) is 0.895. The summed E-state index contributed by atoms with van der Waals surface area (Å²) >= 11 is 0. The van der Waals surface area contributed by atoms with E-state index in [0.29, 0.717) is 0 Å². The summed E-state index contributed by atoms with van der Waals surface area (Å²) in [6.45, 7) is 0.181. The highest BCUT2D eigenvalue weighted by molar-refractivity contribution is 5.80. The molecule has 0 unspecified atom stereocenters. The SMILES string of the molecule is Cn1cc(NCC(=O)NCC#N)cn1. The second-order valence-electron chi connectivity index (χ2n) is 2.69. The summed E-state index contributed by atoms with van der Waals surface area (Å²) in [6, 6.07) is 1.82. The molecule has 0 aliphatic rings. The molecule has 0 saturated carbocycles. The number of carbonyl (C=O) groups is 1. The number of nitrogens with one attached hydrogen (secondary N) is 2. The van der Waals surface area contributed by atoms with E-state index < -0.39 is 0 Å². The number of amides is 1. The van der Waals surface area contributed by atoms with Crippen LogP contribution in [0.1, 0.15) is 0 Å². The molecular formula is C8H11N5O. The molecule has 0 spiro atoms. The Balaban J connectivity index is 2.27. The summed E-state index contributed by atoms with van der Waals surface area (Å²) in [5.74, 6) is -0.213. The van der Waals surface area contributed by atoms with E-state index >= 15 is 0 Å². The average Bonchev–Trinajstić information content (AvgIpc) is 2.58. The molecule has 6 heteroatoms. The Morgan fingerprint density at radius 1 is 1.79 bits per heavy atom. The Labute approximate surface area is 81.5 Å². The number of aryl methyl sites for hydroxylation is 1. The first-order chi connectivity index (χ1) is 6.72. The van der Waals surface area contributed by atoms with Crippen molar-refractivity contribution in [3.05, 3.63) is 12.4 Å². The van der Waals surface area contributed by atoms with Crippen LogP contribution < -0.4 is 10.6 Å². The van der Waals surface area contributed by atoms with Gasteiger partial charge in [-0.2, -0.15) is 10.4 Å². The zero-order valence-electron chi connectivity index (χ0n) is 7.82. The topological polar surface area (TPSA) is 82.7 Å². The molecule has 0 fully saturated rings. The minimum Gasteiger partial charge on any atom is -0.374 e. The molecule has 0 radical (unpaired) electrons. The lowest BCUT2D eigenvalue weighted by Crippen LogP contribution is -2.29. The summed E-state index contributed by atoms with van der Waals surface area (Å²) in [5, 5.41) is 17.4. The van der Waals surface area contributed by atoms with Gasteiger partial charge in [-0.3, -0.25) is 9.48 Å². The number of aromatic nitrogens is 2. The van der Waals surface area contributed by atoms with E-state index in [1.165, 1.54) is 0 Å². The standard InChI is InChI=1S/C8H11N5O/c1-13-6-7(4-12-13)11-5-8(14)10-3-2-9/h4,6,11H,3,5H2,1H3,(H,10,14). The fourth-order valence-corrected chi connectivity index (χ4v) is 0.895. The second kappa shape index (κ2) is 4.87. The van der Waals surface area contributed by atoms with Crippen molar-refractivity contribution >= 4 is 11.6 Å². The van der Waals surface area contributed by atoms with Crippen LogP contribution in [-0.4, -0.2) is 28.8 Å². The van der Waals surface area contributed by atoms with Gasteiger partial charge in [0.05, 0.1) is 24.5 Å². The van der Waals surface area contributed by atoms with Gasteiger partial charge in [0.1, 0.15) is 6.54 Å². The minimum atomic E-state index is -0.213. The molecule has 0 bridgehead atoms. The zero-order valence-corrected chi connectivity index (χ0v) is 7.82. The molecule has 0 aliphatic heterocycles. The Morgan fingerprint density at radius 3 is 3.14 bits per heavy atom. The number of hydrogen-bond acceptors (Lipinski definition) is 4. The quantitative estimate of drug-likeness (QED) is 0.630. The largest absolute Gasteiger partial charge is 0.374 e. The summed E-state index contributed by atoms with van der Waals surface area (Å²) in [5.41, 5.74) is 0.777. The molecule has 0 saturated heterocycles. The van der Waals surface area contributed by atoms with Crippen molar-refractivity contribution in [3.8, 4) is 6.07 Å². The third kappa shape index (κ3) is 3.15.